The van der Waals surface area contributed by atoms with Crippen molar-refractivity contribution in [1.29, 1.82) is 0 Å². The van der Waals surface area contributed by atoms with Gasteiger partial charge in [0.05, 0.1) is 22.2 Å². The lowest BCUT2D eigenvalue weighted by atomic mass is 10.0. The molecule has 1 aromatic heterocycles. The molecule has 2 aromatic carbocycles. The molecule has 0 atom stereocenters. The molecule has 1 heterocycles. The standard InChI is InChI=1S/C25H25ClF2N2O2S/c1-5-15(6-2)10-17(13-29-4)30-14(3)24(22-19(27)11-16(26)12-20(22)30)33-21-9-7-8-18(23(21)28)25(31)32/h7-13,15H,5-6H2,1-4H3,(H,31,32). The highest BCUT2D eigenvalue weighted by atomic mass is 35.5. The molecule has 0 saturated carbocycles. The molecule has 33 heavy (non-hydrogen) atoms. The van der Waals surface area contributed by atoms with Gasteiger partial charge in [-0.05, 0) is 49.9 Å². The number of fused-ring (bicyclic) bond motifs is 1. The third-order valence-electron chi connectivity index (χ3n) is 5.55. The number of halogens is 3. The number of aromatic nitrogens is 1. The van der Waals surface area contributed by atoms with Gasteiger partial charge >= 0.3 is 5.97 Å². The van der Waals surface area contributed by atoms with Crippen molar-refractivity contribution in [2.24, 2.45) is 10.9 Å². The Bertz CT molecular complexity index is 1260. The molecule has 0 radical (unpaired) electrons. The Labute approximate surface area is 201 Å². The molecule has 0 amide bonds. The lowest BCUT2D eigenvalue weighted by Crippen LogP contribution is -2.04. The van der Waals surface area contributed by atoms with E-state index in [0.717, 1.165) is 30.3 Å². The molecule has 0 aliphatic carbocycles. The molecule has 3 rings (SSSR count). The Morgan fingerprint density at radius 1 is 1.27 bits per heavy atom. The van der Waals surface area contributed by atoms with Crippen LogP contribution in [0.5, 0.6) is 0 Å². The molecular formula is C25H25ClF2N2O2S. The van der Waals surface area contributed by atoms with Crippen LogP contribution in [0.25, 0.3) is 16.6 Å². The Morgan fingerprint density at radius 2 is 1.97 bits per heavy atom. The first-order valence-electron chi connectivity index (χ1n) is 10.6. The minimum atomic E-state index is -1.36. The van der Waals surface area contributed by atoms with Gasteiger partial charge in [0.1, 0.15) is 5.82 Å². The molecule has 4 nitrogen and oxygen atoms in total. The number of hydrogen-bond donors (Lipinski definition) is 1. The first kappa shape index (κ1) is 25.0. The number of nitrogens with zero attached hydrogens (tertiary/aromatic N) is 2. The molecule has 0 saturated heterocycles. The number of carbonyl (C=O) groups is 1. The maximum Gasteiger partial charge on any atom is 0.338 e. The Kier molecular flexibility index (Phi) is 7.97. The van der Waals surface area contributed by atoms with E-state index in [1.165, 1.54) is 24.3 Å². The first-order valence-corrected chi connectivity index (χ1v) is 11.8. The zero-order chi connectivity index (χ0) is 24.3. The van der Waals surface area contributed by atoms with Crippen molar-refractivity contribution in [3.8, 4) is 0 Å². The van der Waals surface area contributed by atoms with Crippen molar-refractivity contribution in [3.05, 3.63) is 64.3 Å². The number of hydrogen-bond acceptors (Lipinski definition) is 3. The molecule has 8 heteroatoms. The lowest BCUT2D eigenvalue weighted by molar-refractivity contribution is 0.0691. The van der Waals surface area contributed by atoms with Crippen LogP contribution in [0, 0.1) is 24.5 Å². The highest BCUT2D eigenvalue weighted by Gasteiger charge is 2.23. The van der Waals surface area contributed by atoms with Gasteiger partial charge in [0.2, 0.25) is 0 Å². The number of aliphatic imine (C=N–C) groups is 1. The number of benzene rings is 2. The second-order valence-corrected chi connectivity index (χ2v) is 9.10. The molecule has 0 aliphatic rings. The van der Waals surface area contributed by atoms with E-state index in [1.807, 2.05) is 11.5 Å². The minimum Gasteiger partial charge on any atom is -0.478 e. The zero-order valence-electron chi connectivity index (χ0n) is 18.8. The molecule has 174 valence electrons. The molecule has 0 aliphatic heterocycles. The molecular weight excluding hydrogens is 466 g/mol. The van der Waals surface area contributed by atoms with Crippen LogP contribution >= 0.6 is 23.4 Å². The summed E-state index contributed by atoms with van der Waals surface area (Å²) in [5, 5.41) is 9.81. The average molecular weight is 491 g/mol. The Balaban J connectivity index is 2.32. The van der Waals surface area contributed by atoms with Crippen molar-refractivity contribution in [1.82, 2.24) is 4.57 Å². The van der Waals surface area contributed by atoms with Gasteiger partial charge in [-0.25, -0.2) is 13.6 Å². The summed E-state index contributed by atoms with van der Waals surface area (Å²) in [6, 6.07) is 7.05. The highest BCUT2D eigenvalue weighted by molar-refractivity contribution is 7.99. The van der Waals surface area contributed by atoms with E-state index in [0.29, 0.717) is 27.4 Å². The minimum absolute atomic E-state index is 0.0982. The predicted octanol–water partition coefficient (Wildman–Crippen LogP) is 7.71. The Hall–Kier alpha value is -2.64. The fourth-order valence-corrected chi connectivity index (χ4v) is 5.13. The quantitative estimate of drug-likeness (QED) is 0.329. The molecule has 1 N–H and O–H groups in total. The topological polar surface area (TPSA) is 54.6 Å². The number of allylic oxidation sites excluding steroid dienone is 2. The van der Waals surface area contributed by atoms with Crippen molar-refractivity contribution in [2.45, 2.75) is 43.4 Å². The zero-order valence-corrected chi connectivity index (χ0v) is 20.4. The first-order chi connectivity index (χ1) is 15.7. The summed E-state index contributed by atoms with van der Waals surface area (Å²) >= 11 is 7.20. The van der Waals surface area contributed by atoms with Gasteiger partial charge in [0, 0.05) is 33.8 Å². The summed E-state index contributed by atoms with van der Waals surface area (Å²) in [7, 11) is 1.66. The van der Waals surface area contributed by atoms with Crippen LogP contribution in [0.2, 0.25) is 5.02 Å². The monoisotopic (exact) mass is 490 g/mol. The summed E-state index contributed by atoms with van der Waals surface area (Å²) in [6.45, 7) is 6.02. The van der Waals surface area contributed by atoms with Crippen molar-refractivity contribution in [3.63, 3.8) is 0 Å². The molecule has 0 spiro atoms. The number of rotatable bonds is 8. The van der Waals surface area contributed by atoms with Gasteiger partial charge in [-0.2, -0.15) is 0 Å². The molecule has 3 aromatic rings. The highest BCUT2D eigenvalue weighted by Crippen LogP contribution is 2.42. The predicted molar refractivity (Wildman–Crippen MR) is 132 cm³/mol. The normalized spacial score (nSPS) is 12.4. The van der Waals surface area contributed by atoms with Crippen molar-refractivity contribution >= 4 is 52.1 Å². The van der Waals surface area contributed by atoms with Gasteiger partial charge < -0.3 is 9.67 Å². The summed E-state index contributed by atoms with van der Waals surface area (Å²) in [5.41, 5.74) is 1.54. The fraction of sp³-hybridized carbons (Fsp3) is 0.280. The third-order valence-corrected chi connectivity index (χ3v) is 7.00. The lowest BCUT2D eigenvalue weighted by Gasteiger charge is -2.14. The van der Waals surface area contributed by atoms with E-state index in [4.69, 9.17) is 11.6 Å². The maximum absolute atomic E-state index is 15.2. The van der Waals surface area contributed by atoms with E-state index < -0.39 is 23.2 Å². The van der Waals surface area contributed by atoms with Gasteiger partial charge in [0.15, 0.2) is 5.82 Å². The van der Waals surface area contributed by atoms with Crippen LogP contribution in [0.3, 0.4) is 0 Å². The molecule has 0 bridgehead atoms. The van der Waals surface area contributed by atoms with Crippen LogP contribution in [0.4, 0.5) is 8.78 Å². The summed E-state index contributed by atoms with van der Waals surface area (Å²) in [6.07, 6.45) is 5.67. The summed E-state index contributed by atoms with van der Waals surface area (Å²) in [5.74, 6) is -2.46. The smallest absolute Gasteiger partial charge is 0.338 e. The molecule has 0 fully saturated rings. The number of carboxylic acids is 1. The van der Waals surface area contributed by atoms with Crippen LogP contribution in [0.15, 0.2) is 51.2 Å². The van der Waals surface area contributed by atoms with Gasteiger partial charge in [-0.15, -0.1) is 0 Å². The summed E-state index contributed by atoms with van der Waals surface area (Å²) in [4.78, 5) is 16.1. The number of carboxylic acid groups (broad SMARTS) is 1. The summed E-state index contributed by atoms with van der Waals surface area (Å²) < 4.78 is 32.0. The van der Waals surface area contributed by atoms with E-state index in [2.05, 4.69) is 24.9 Å². The van der Waals surface area contributed by atoms with Crippen LogP contribution in [-0.2, 0) is 0 Å². The van der Waals surface area contributed by atoms with Crippen molar-refractivity contribution < 1.29 is 18.7 Å². The van der Waals surface area contributed by atoms with E-state index in [9.17, 15) is 14.3 Å². The van der Waals surface area contributed by atoms with Gasteiger partial charge in [-0.1, -0.05) is 49.4 Å². The van der Waals surface area contributed by atoms with Gasteiger partial charge in [-0.3, -0.25) is 4.99 Å². The van der Waals surface area contributed by atoms with Crippen LogP contribution in [0.1, 0.15) is 42.7 Å². The third kappa shape index (κ3) is 4.99. The van der Waals surface area contributed by atoms with E-state index in [1.54, 1.807) is 19.3 Å². The average Bonchev–Trinajstić information content (AvgIpc) is 3.03. The van der Waals surface area contributed by atoms with Crippen LogP contribution < -0.4 is 0 Å². The second kappa shape index (κ2) is 10.5. The van der Waals surface area contributed by atoms with Gasteiger partial charge in [0.25, 0.3) is 0 Å². The second-order valence-electron chi connectivity index (χ2n) is 7.61. The largest absolute Gasteiger partial charge is 0.478 e. The van der Waals surface area contributed by atoms with Crippen molar-refractivity contribution in [2.75, 3.05) is 7.05 Å². The number of aromatic carboxylic acids is 1. The maximum atomic E-state index is 15.2. The van der Waals surface area contributed by atoms with E-state index >= 15 is 4.39 Å². The molecule has 0 unspecified atom stereocenters. The van der Waals surface area contributed by atoms with E-state index in [-0.39, 0.29) is 9.92 Å². The SMILES string of the molecule is CCC(C=C(C=NC)n1c(C)c(Sc2cccc(C(=O)O)c2F)c2c(F)cc(Cl)cc21)CC. The Morgan fingerprint density at radius 3 is 2.58 bits per heavy atom. The fourth-order valence-electron chi connectivity index (χ4n) is 3.82. The van der Waals surface area contributed by atoms with Crippen LogP contribution in [-0.4, -0.2) is 28.9 Å².